The number of hydrogen-bond donors (Lipinski definition) is 0. The molecule has 0 aliphatic rings. The first kappa shape index (κ1) is 7.26. The summed E-state index contributed by atoms with van der Waals surface area (Å²) in [6.07, 6.45) is 2.26. The second-order valence-corrected chi connectivity index (χ2v) is 1.39. The van der Waals surface area contributed by atoms with Crippen molar-refractivity contribution in [1.82, 2.24) is 10.1 Å². The van der Waals surface area contributed by atoms with Crippen LogP contribution in [0.4, 0.5) is 0 Å². The van der Waals surface area contributed by atoms with Gasteiger partial charge in [0.15, 0.2) is 0 Å². The molecule has 0 amide bonds. The highest BCUT2D eigenvalue weighted by molar-refractivity contribution is 4.79. The molecular formula is C4H8N2O2-2. The molecule has 0 N–H and O–H groups in total. The molecule has 0 radical (unpaired) electrons. The summed E-state index contributed by atoms with van der Waals surface area (Å²) in [6.45, 7) is 0. The van der Waals surface area contributed by atoms with E-state index in [0.29, 0.717) is 10.1 Å². The van der Waals surface area contributed by atoms with Crippen LogP contribution in [0.25, 0.3) is 0 Å². The largest absolute Gasteiger partial charge is 0.759 e. The van der Waals surface area contributed by atoms with Gasteiger partial charge in [0.25, 0.3) is 0 Å². The fraction of sp³-hybridized carbons (Fsp3) is 0.500. The van der Waals surface area contributed by atoms with Crippen LogP contribution < -0.4 is 0 Å². The van der Waals surface area contributed by atoms with Crippen molar-refractivity contribution in [3.8, 4) is 0 Å². The van der Waals surface area contributed by atoms with Gasteiger partial charge in [0, 0.05) is 12.4 Å². The summed E-state index contributed by atoms with van der Waals surface area (Å²) < 4.78 is 0. The maximum absolute atomic E-state index is 10.0. The Morgan fingerprint density at radius 3 is 1.38 bits per heavy atom. The van der Waals surface area contributed by atoms with Crippen LogP contribution >= 0.6 is 0 Å². The Morgan fingerprint density at radius 2 is 1.25 bits per heavy atom. The Bertz CT molecular complexity index is 70.1. The van der Waals surface area contributed by atoms with Crippen molar-refractivity contribution in [1.29, 1.82) is 0 Å². The zero-order chi connectivity index (χ0) is 6.57. The van der Waals surface area contributed by atoms with Gasteiger partial charge in [-0.25, -0.2) is 0 Å². The van der Waals surface area contributed by atoms with Crippen molar-refractivity contribution in [2.45, 2.75) is 0 Å². The summed E-state index contributed by atoms with van der Waals surface area (Å²) >= 11 is 0. The minimum Gasteiger partial charge on any atom is -0.759 e. The van der Waals surface area contributed by atoms with Gasteiger partial charge in [0.05, 0.1) is 0 Å². The van der Waals surface area contributed by atoms with Crippen LogP contribution in [0.2, 0.25) is 0 Å². The molecule has 4 nitrogen and oxygen atoms in total. The van der Waals surface area contributed by atoms with Crippen molar-refractivity contribution in [2.75, 3.05) is 14.1 Å². The summed E-state index contributed by atoms with van der Waals surface area (Å²) in [5, 5.41) is 21.1. The smallest absolute Gasteiger partial charge is 0.00348 e. The van der Waals surface area contributed by atoms with Crippen molar-refractivity contribution in [2.24, 2.45) is 0 Å². The fourth-order valence-corrected chi connectivity index (χ4v) is 0.188. The average molecular weight is 116 g/mol. The Labute approximate surface area is 48.2 Å². The van der Waals surface area contributed by atoms with E-state index in [-0.39, 0.29) is 0 Å². The molecule has 8 heavy (non-hydrogen) atoms. The van der Waals surface area contributed by atoms with Crippen LogP contribution in [0.3, 0.4) is 0 Å². The summed E-state index contributed by atoms with van der Waals surface area (Å²) in [5.74, 6) is 0. The second kappa shape index (κ2) is 3.29. The molecule has 0 atom stereocenters. The molecule has 0 aromatic rings. The molecule has 0 aliphatic heterocycles. The van der Waals surface area contributed by atoms with Gasteiger partial charge in [0.2, 0.25) is 0 Å². The molecule has 0 fully saturated rings. The van der Waals surface area contributed by atoms with Crippen LogP contribution in [-0.2, 0) is 0 Å². The van der Waals surface area contributed by atoms with E-state index in [2.05, 4.69) is 0 Å². The normalized spacial score (nSPS) is 10.0. The van der Waals surface area contributed by atoms with Gasteiger partial charge in [-0.1, -0.05) is 0 Å². The number of rotatable bonds is 2. The highest BCUT2D eigenvalue weighted by atomic mass is 16.5. The number of nitrogens with zero attached hydrogens (tertiary/aromatic N) is 2. The SMILES string of the molecule is CN([O-])/C=C\N(C)[O-]. The van der Waals surface area contributed by atoms with Gasteiger partial charge in [-0.05, 0) is 14.1 Å². The van der Waals surface area contributed by atoms with Gasteiger partial charge in [-0.3, -0.25) is 0 Å². The monoisotopic (exact) mass is 116 g/mol. The molecule has 0 saturated heterocycles. The minimum atomic E-state index is 0.550. The Kier molecular flexibility index (Phi) is 2.98. The third-order valence-corrected chi connectivity index (χ3v) is 0.487. The van der Waals surface area contributed by atoms with E-state index in [1.54, 1.807) is 0 Å². The molecule has 0 aromatic heterocycles. The molecule has 0 saturated carbocycles. The van der Waals surface area contributed by atoms with Gasteiger partial charge in [-0.2, -0.15) is 0 Å². The molecule has 48 valence electrons. The molecule has 0 heterocycles. The second-order valence-electron chi connectivity index (χ2n) is 1.39. The first-order valence-corrected chi connectivity index (χ1v) is 2.11. The average Bonchev–Trinajstić information content (AvgIpc) is 1.61. The van der Waals surface area contributed by atoms with Gasteiger partial charge < -0.3 is 20.5 Å². The molecule has 0 spiro atoms. The van der Waals surface area contributed by atoms with Gasteiger partial charge >= 0.3 is 0 Å². The summed E-state index contributed by atoms with van der Waals surface area (Å²) in [6, 6.07) is 0. The predicted octanol–water partition coefficient (Wildman–Crippen LogP) is 0.317. The zero-order valence-electron chi connectivity index (χ0n) is 4.87. The van der Waals surface area contributed by atoms with E-state index >= 15 is 0 Å². The van der Waals surface area contributed by atoms with Gasteiger partial charge in [0.1, 0.15) is 0 Å². The molecule has 0 aromatic carbocycles. The van der Waals surface area contributed by atoms with E-state index in [9.17, 15) is 10.4 Å². The third-order valence-electron chi connectivity index (χ3n) is 0.487. The molecule has 0 rings (SSSR count). The lowest BCUT2D eigenvalue weighted by atomic mass is 10.8. The zero-order valence-corrected chi connectivity index (χ0v) is 4.87. The van der Waals surface area contributed by atoms with E-state index < -0.39 is 0 Å². The first-order chi connectivity index (χ1) is 3.63. The number of hydrogen-bond acceptors (Lipinski definition) is 4. The van der Waals surface area contributed by atoms with Crippen molar-refractivity contribution < 1.29 is 0 Å². The Balaban J connectivity index is 3.34. The van der Waals surface area contributed by atoms with Crippen molar-refractivity contribution in [3.63, 3.8) is 0 Å². The van der Waals surface area contributed by atoms with E-state index in [1.807, 2.05) is 0 Å². The van der Waals surface area contributed by atoms with Crippen LogP contribution in [-0.4, -0.2) is 24.2 Å². The Morgan fingerprint density at radius 1 is 1.00 bits per heavy atom. The van der Waals surface area contributed by atoms with Crippen molar-refractivity contribution >= 4 is 0 Å². The highest BCUT2D eigenvalue weighted by Gasteiger charge is 1.65. The molecule has 0 bridgehead atoms. The third kappa shape index (κ3) is 5.26. The minimum absolute atomic E-state index is 0.550. The summed E-state index contributed by atoms with van der Waals surface area (Å²) in [7, 11) is 2.61. The maximum Gasteiger partial charge on any atom is 0.00348 e. The number of hydroxylamine groups is 4. The lowest BCUT2D eigenvalue weighted by Gasteiger charge is -2.23. The summed E-state index contributed by atoms with van der Waals surface area (Å²) in [4.78, 5) is 0. The predicted molar refractivity (Wildman–Crippen MR) is 31.4 cm³/mol. The van der Waals surface area contributed by atoms with Crippen LogP contribution in [0, 0.1) is 10.4 Å². The van der Waals surface area contributed by atoms with Crippen molar-refractivity contribution in [3.05, 3.63) is 22.8 Å². The highest BCUT2D eigenvalue weighted by Crippen LogP contribution is 1.81. The summed E-state index contributed by atoms with van der Waals surface area (Å²) in [5.41, 5.74) is 0. The fourth-order valence-electron chi connectivity index (χ4n) is 0.188. The Hall–Kier alpha value is -0.740. The van der Waals surface area contributed by atoms with Gasteiger partial charge in [-0.15, -0.1) is 0 Å². The lowest BCUT2D eigenvalue weighted by molar-refractivity contribution is 0.575. The molecule has 0 aliphatic carbocycles. The standard InChI is InChI=1S/C4H8N2O2/c1-5(7)3-4-6(2)8/h3-4H,1-2H3/q-2/b4-3-. The van der Waals surface area contributed by atoms with E-state index in [0.717, 1.165) is 12.4 Å². The molecule has 0 unspecified atom stereocenters. The lowest BCUT2D eigenvalue weighted by Crippen LogP contribution is -2.03. The quantitative estimate of drug-likeness (QED) is 0.487. The van der Waals surface area contributed by atoms with Crippen LogP contribution in [0.15, 0.2) is 12.4 Å². The van der Waals surface area contributed by atoms with Crippen LogP contribution in [0.5, 0.6) is 0 Å². The topological polar surface area (TPSA) is 52.6 Å². The van der Waals surface area contributed by atoms with Crippen LogP contribution in [0.1, 0.15) is 0 Å². The maximum atomic E-state index is 10.0. The van der Waals surface area contributed by atoms with E-state index in [4.69, 9.17) is 0 Å². The molecular weight excluding hydrogens is 108 g/mol. The first-order valence-electron chi connectivity index (χ1n) is 2.11. The van der Waals surface area contributed by atoms with E-state index in [1.165, 1.54) is 14.1 Å². The molecule has 4 heteroatoms.